The number of ketones is 1. The molecule has 0 saturated carbocycles. The van der Waals surface area contributed by atoms with Crippen LogP contribution in [0.2, 0.25) is 0 Å². The van der Waals surface area contributed by atoms with Gasteiger partial charge in [0.15, 0.2) is 5.78 Å². The average Bonchev–Trinajstić information content (AvgIpc) is 2.38. The molecule has 0 atom stereocenters. The molecule has 24 heavy (non-hydrogen) atoms. The van der Waals surface area contributed by atoms with Crippen LogP contribution in [0.15, 0.2) is 0 Å². The number of Topliss-reactive ketones (excluding diaryl/α,β-unsaturated/α-hetero) is 1. The highest BCUT2D eigenvalue weighted by Crippen LogP contribution is 2.44. The summed E-state index contributed by atoms with van der Waals surface area (Å²) < 4.78 is 0. The Bertz CT molecular complexity index is 518. The molecule has 136 valence electrons. The Kier molecular flexibility index (Phi) is 4.18. The van der Waals surface area contributed by atoms with Crippen molar-refractivity contribution in [2.45, 2.75) is 55.4 Å². The number of rotatable bonds is 0. The predicted molar refractivity (Wildman–Crippen MR) is 93.3 cm³/mol. The Labute approximate surface area is 145 Å². The highest BCUT2D eigenvalue weighted by molar-refractivity contribution is 5.96. The fraction of sp³-hybridized carbons (Fsp3) is 0.842. The Hall–Kier alpha value is -1.39. The summed E-state index contributed by atoms with van der Waals surface area (Å²) in [5.74, 6) is 0.331. The smallest absolute Gasteiger partial charge is 0.228 e. The lowest BCUT2D eigenvalue weighted by Gasteiger charge is -2.56. The largest absolute Gasteiger partial charge is 0.340 e. The lowest BCUT2D eigenvalue weighted by Crippen LogP contribution is -2.70. The second-order valence-corrected chi connectivity index (χ2v) is 10.3. The van der Waals surface area contributed by atoms with E-state index in [0.29, 0.717) is 26.2 Å². The molecule has 2 heterocycles. The zero-order valence-electron chi connectivity index (χ0n) is 16.4. The Morgan fingerprint density at radius 3 is 1.21 bits per heavy atom. The van der Waals surface area contributed by atoms with Crippen LogP contribution in [0.4, 0.5) is 0 Å². The van der Waals surface area contributed by atoms with Crippen LogP contribution in [0.5, 0.6) is 0 Å². The van der Waals surface area contributed by atoms with E-state index in [9.17, 15) is 14.4 Å². The summed E-state index contributed by atoms with van der Waals surface area (Å²) in [6, 6.07) is 0. The third-order valence-electron chi connectivity index (χ3n) is 5.11. The zero-order chi connectivity index (χ0) is 18.7. The van der Waals surface area contributed by atoms with Gasteiger partial charge in [0.05, 0.1) is 10.8 Å². The van der Waals surface area contributed by atoms with Crippen LogP contribution < -0.4 is 0 Å². The number of likely N-dealkylation sites (tertiary alicyclic amines) is 2. The van der Waals surface area contributed by atoms with E-state index in [1.54, 1.807) is 0 Å². The molecule has 0 aromatic rings. The summed E-state index contributed by atoms with van der Waals surface area (Å²) >= 11 is 0. The van der Waals surface area contributed by atoms with E-state index in [1.807, 2.05) is 65.2 Å². The van der Waals surface area contributed by atoms with E-state index in [0.717, 1.165) is 0 Å². The second kappa shape index (κ2) is 5.30. The fourth-order valence-corrected chi connectivity index (χ4v) is 4.15. The molecule has 2 aliphatic rings. The summed E-state index contributed by atoms with van der Waals surface area (Å²) in [6.45, 7) is 16.8. The van der Waals surface area contributed by atoms with Crippen molar-refractivity contribution >= 4 is 17.6 Å². The van der Waals surface area contributed by atoms with E-state index in [2.05, 4.69) is 0 Å². The molecule has 0 N–H and O–H groups in total. The summed E-state index contributed by atoms with van der Waals surface area (Å²) in [5, 5.41) is 0. The molecular weight excluding hydrogens is 304 g/mol. The highest BCUT2D eigenvalue weighted by Gasteiger charge is 2.58. The third kappa shape index (κ3) is 3.09. The lowest BCUT2D eigenvalue weighted by atomic mass is 9.63. The Balaban J connectivity index is 2.35. The molecule has 5 nitrogen and oxygen atoms in total. The first-order chi connectivity index (χ1) is 10.6. The standard InChI is InChI=1S/C19H32N2O3/c1-16(2,3)14(23)20-9-18(7)11-21(15(24)17(4,5)6)12-19(8,10-20)13(18)22/h9-12H2,1-8H3. The summed E-state index contributed by atoms with van der Waals surface area (Å²) in [7, 11) is 0. The second-order valence-electron chi connectivity index (χ2n) is 10.3. The number of piperidine rings is 2. The van der Waals surface area contributed by atoms with Gasteiger partial charge < -0.3 is 9.80 Å². The van der Waals surface area contributed by atoms with Crippen LogP contribution in [0.3, 0.4) is 0 Å². The van der Waals surface area contributed by atoms with Crippen molar-refractivity contribution in [2.75, 3.05) is 26.2 Å². The maximum atomic E-state index is 13.0. The van der Waals surface area contributed by atoms with Crippen LogP contribution in [0.25, 0.3) is 0 Å². The fourth-order valence-electron chi connectivity index (χ4n) is 4.15. The maximum Gasteiger partial charge on any atom is 0.228 e. The number of amides is 2. The molecule has 2 fully saturated rings. The minimum atomic E-state index is -0.687. The number of hydrogen-bond donors (Lipinski definition) is 0. The van der Waals surface area contributed by atoms with Gasteiger partial charge in [0, 0.05) is 37.0 Å². The molecule has 2 bridgehead atoms. The normalized spacial score (nSPS) is 31.2. The lowest BCUT2D eigenvalue weighted by molar-refractivity contribution is -0.171. The van der Waals surface area contributed by atoms with Gasteiger partial charge in [-0.25, -0.2) is 0 Å². The van der Waals surface area contributed by atoms with Gasteiger partial charge in [-0.1, -0.05) is 41.5 Å². The van der Waals surface area contributed by atoms with Gasteiger partial charge in [-0.3, -0.25) is 14.4 Å². The van der Waals surface area contributed by atoms with Crippen molar-refractivity contribution in [3.8, 4) is 0 Å². The topological polar surface area (TPSA) is 57.7 Å². The van der Waals surface area contributed by atoms with Crippen LogP contribution in [-0.4, -0.2) is 53.6 Å². The van der Waals surface area contributed by atoms with E-state index >= 15 is 0 Å². The zero-order valence-corrected chi connectivity index (χ0v) is 16.4. The molecule has 5 heteroatoms. The van der Waals surface area contributed by atoms with Gasteiger partial charge in [0.1, 0.15) is 0 Å². The Morgan fingerprint density at radius 2 is 1.00 bits per heavy atom. The molecule has 2 aliphatic heterocycles. The van der Waals surface area contributed by atoms with Crippen LogP contribution >= 0.6 is 0 Å². The van der Waals surface area contributed by atoms with Gasteiger partial charge >= 0.3 is 0 Å². The predicted octanol–water partition coefficient (Wildman–Crippen LogP) is 2.34. The monoisotopic (exact) mass is 336 g/mol. The number of fused-ring (bicyclic) bond motifs is 2. The van der Waals surface area contributed by atoms with E-state index in [1.165, 1.54) is 0 Å². The molecule has 2 rings (SSSR count). The van der Waals surface area contributed by atoms with Crippen LogP contribution in [0, 0.1) is 21.7 Å². The Morgan fingerprint density at radius 1 is 0.750 bits per heavy atom. The van der Waals surface area contributed by atoms with Crippen molar-refractivity contribution in [1.82, 2.24) is 9.80 Å². The first-order valence-corrected chi connectivity index (χ1v) is 8.74. The minimum absolute atomic E-state index is 0.0723. The van der Waals surface area contributed by atoms with Gasteiger partial charge in [-0.2, -0.15) is 0 Å². The van der Waals surface area contributed by atoms with E-state index in [-0.39, 0.29) is 17.6 Å². The maximum absolute atomic E-state index is 13.0. The van der Waals surface area contributed by atoms with Crippen molar-refractivity contribution in [2.24, 2.45) is 21.7 Å². The number of carbonyl (C=O) groups is 3. The van der Waals surface area contributed by atoms with Crippen LogP contribution in [-0.2, 0) is 14.4 Å². The molecule has 0 unspecified atom stereocenters. The minimum Gasteiger partial charge on any atom is -0.340 e. The molecule has 0 aromatic heterocycles. The van der Waals surface area contributed by atoms with Gasteiger partial charge in [0.25, 0.3) is 0 Å². The number of hydrogen-bond acceptors (Lipinski definition) is 3. The summed E-state index contributed by atoms with van der Waals surface area (Å²) in [4.78, 5) is 42.2. The highest BCUT2D eigenvalue weighted by atomic mass is 16.2. The van der Waals surface area contributed by atoms with Gasteiger partial charge in [-0.15, -0.1) is 0 Å². The van der Waals surface area contributed by atoms with Crippen LogP contribution in [0.1, 0.15) is 55.4 Å². The van der Waals surface area contributed by atoms with E-state index in [4.69, 9.17) is 0 Å². The SMILES string of the molecule is CC(C)(C)C(=O)N1CC2(C)CN(C(=O)C(C)(C)C)CC(C)(C1)C2=O. The van der Waals surface area contributed by atoms with Gasteiger partial charge in [0.2, 0.25) is 11.8 Å². The average molecular weight is 336 g/mol. The molecular formula is C19H32N2O3. The first-order valence-electron chi connectivity index (χ1n) is 8.74. The van der Waals surface area contributed by atoms with Crippen molar-refractivity contribution in [3.63, 3.8) is 0 Å². The molecule has 0 aliphatic carbocycles. The molecule has 2 amide bonds. The molecule has 2 saturated heterocycles. The van der Waals surface area contributed by atoms with Gasteiger partial charge in [-0.05, 0) is 13.8 Å². The molecule has 0 spiro atoms. The first kappa shape index (κ1) is 18.9. The van der Waals surface area contributed by atoms with Crippen molar-refractivity contribution < 1.29 is 14.4 Å². The quantitative estimate of drug-likeness (QED) is 0.682. The summed E-state index contributed by atoms with van der Waals surface area (Å²) in [6.07, 6.45) is 0. The van der Waals surface area contributed by atoms with E-state index < -0.39 is 21.7 Å². The molecule has 0 aromatic carbocycles. The van der Waals surface area contributed by atoms with Crippen molar-refractivity contribution in [1.29, 1.82) is 0 Å². The number of carbonyl (C=O) groups excluding carboxylic acids is 3. The third-order valence-corrected chi connectivity index (χ3v) is 5.11. The van der Waals surface area contributed by atoms with Crippen molar-refractivity contribution in [3.05, 3.63) is 0 Å². The molecule has 0 radical (unpaired) electrons. The number of nitrogens with zero attached hydrogens (tertiary/aromatic N) is 2. The summed E-state index contributed by atoms with van der Waals surface area (Å²) in [5.41, 5.74) is -2.31.